The van der Waals surface area contributed by atoms with Crippen molar-refractivity contribution in [3.05, 3.63) is 0 Å². The number of carbonyl (C=O) groups is 2. The van der Waals surface area contributed by atoms with E-state index in [9.17, 15) is 9.59 Å². The summed E-state index contributed by atoms with van der Waals surface area (Å²) < 4.78 is 10.5. The Morgan fingerprint density at radius 3 is 2.82 bits per heavy atom. The quantitative estimate of drug-likeness (QED) is 0.629. The molecular weight excluding hydrogens is 224 g/mol. The van der Waals surface area contributed by atoms with Gasteiger partial charge in [0.15, 0.2) is 0 Å². The molecule has 3 fully saturated rings. The number of amides is 3. The summed E-state index contributed by atoms with van der Waals surface area (Å²) in [7, 11) is 1.62. The fourth-order valence-corrected chi connectivity index (χ4v) is 2.87. The normalized spacial score (nSPS) is 37.1. The van der Waals surface area contributed by atoms with Crippen LogP contribution in [0.3, 0.4) is 0 Å². The zero-order valence-electron chi connectivity index (χ0n) is 9.80. The van der Waals surface area contributed by atoms with E-state index in [0.29, 0.717) is 26.2 Å². The van der Waals surface area contributed by atoms with E-state index in [2.05, 4.69) is 0 Å². The zero-order valence-corrected chi connectivity index (χ0v) is 9.80. The predicted molar refractivity (Wildman–Crippen MR) is 57.4 cm³/mol. The zero-order chi connectivity index (χ0) is 12.0. The molecule has 0 N–H and O–H groups in total. The average Bonchev–Trinajstić information content (AvgIpc) is 3.00. The summed E-state index contributed by atoms with van der Waals surface area (Å²) >= 11 is 0. The summed E-state index contributed by atoms with van der Waals surface area (Å²) in [6.07, 6.45) is 1.37. The molecule has 0 bridgehead atoms. The Bertz CT molecular complexity index is 329. The first-order chi connectivity index (χ1) is 8.22. The Hall–Kier alpha value is -1.14. The van der Waals surface area contributed by atoms with Crippen LogP contribution in [-0.2, 0) is 14.3 Å². The second-order valence-electron chi connectivity index (χ2n) is 4.77. The molecule has 6 heteroatoms. The van der Waals surface area contributed by atoms with E-state index >= 15 is 0 Å². The molecular formula is C11H16N2O4. The van der Waals surface area contributed by atoms with E-state index in [-0.39, 0.29) is 30.1 Å². The molecule has 0 spiro atoms. The van der Waals surface area contributed by atoms with Crippen LogP contribution in [-0.4, -0.2) is 66.8 Å². The van der Waals surface area contributed by atoms with E-state index in [1.54, 1.807) is 12.0 Å². The van der Waals surface area contributed by atoms with Gasteiger partial charge in [0, 0.05) is 26.7 Å². The molecule has 3 heterocycles. The lowest BCUT2D eigenvalue weighted by Gasteiger charge is -2.21. The molecule has 94 valence electrons. The third-order valence-corrected chi connectivity index (χ3v) is 3.84. The Balaban J connectivity index is 1.78. The van der Waals surface area contributed by atoms with Gasteiger partial charge in [-0.05, 0) is 6.42 Å². The molecule has 3 saturated heterocycles. The lowest BCUT2D eigenvalue weighted by molar-refractivity contribution is -0.129. The van der Waals surface area contributed by atoms with Crippen LogP contribution in [0.1, 0.15) is 12.8 Å². The average molecular weight is 240 g/mol. The second kappa shape index (κ2) is 3.96. The minimum Gasteiger partial charge on any atom is -0.380 e. The summed E-state index contributed by atoms with van der Waals surface area (Å²) in [5, 5.41) is 0. The smallest absolute Gasteiger partial charge is 0.327 e. The highest BCUT2D eigenvalue weighted by molar-refractivity contribution is 6.05. The molecule has 0 radical (unpaired) electrons. The number of carbonyl (C=O) groups excluding carboxylic acids is 2. The fourth-order valence-electron chi connectivity index (χ4n) is 2.87. The van der Waals surface area contributed by atoms with Gasteiger partial charge in [-0.3, -0.25) is 9.69 Å². The number of fused-ring (bicyclic) bond motifs is 1. The Kier molecular flexibility index (Phi) is 2.56. The van der Waals surface area contributed by atoms with Crippen LogP contribution in [0.2, 0.25) is 0 Å². The molecule has 3 amide bonds. The minimum atomic E-state index is -0.312. The number of hydrogen-bond donors (Lipinski definition) is 0. The molecule has 6 nitrogen and oxygen atoms in total. The van der Waals surface area contributed by atoms with Crippen LogP contribution in [0.4, 0.5) is 4.79 Å². The van der Waals surface area contributed by atoms with E-state index in [1.165, 1.54) is 4.90 Å². The first-order valence-electron chi connectivity index (χ1n) is 5.96. The summed E-state index contributed by atoms with van der Waals surface area (Å²) in [5.74, 6) is -0.0787. The van der Waals surface area contributed by atoms with Gasteiger partial charge in [0.2, 0.25) is 0 Å². The monoisotopic (exact) mass is 240 g/mol. The maximum Gasteiger partial charge on any atom is 0.327 e. The SMILES string of the molecule is COC1CC2C(=O)N(C3CCOC3)C(=O)N2C1. The van der Waals surface area contributed by atoms with Gasteiger partial charge in [-0.15, -0.1) is 0 Å². The third kappa shape index (κ3) is 1.55. The molecule has 0 aromatic carbocycles. The van der Waals surface area contributed by atoms with Crippen molar-refractivity contribution < 1.29 is 19.1 Å². The number of urea groups is 1. The van der Waals surface area contributed by atoms with Crippen molar-refractivity contribution in [3.8, 4) is 0 Å². The summed E-state index contributed by atoms with van der Waals surface area (Å²) in [5.41, 5.74) is 0. The van der Waals surface area contributed by atoms with E-state index in [1.807, 2.05) is 0 Å². The van der Waals surface area contributed by atoms with E-state index in [4.69, 9.17) is 9.47 Å². The minimum absolute atomic E-state index is 0.00474. The molecule has 3 unspecified atom stereocenters. The molecule has 0 aromatic rings. The Morgan fingerprint density at radius 1 is 1.41 bits per heavy atom. The topological polar surface area (TPSA) is 59.1 Å². The largest absolute Gasteiger partial charge is 0.380 e. The molecule has 3 aliphatic heterocycles. The number of methoxy groups -OCH3 is 1. The number of nitrogens with zero attached hydrogens (tertiary/aromatic N) is 2. The summed E-state index contributed by atoms with van der Waals surface area (Å²) in [6, 6.07) is -0.551. The van der Waals surface area contributed by atoms with Gasteiger partial charge in [-0.1, -0.05) is 0 Å². The van der Waals surface area contributed by atoms with Crippen LogP contribution in [0.25, 0.3) is 0 Å². The lowest BCUT2D eigenvalue weighted by Crippen LogP contribution is -2.43. The van der Waals surface area contributed by atoms with Crippen molar-refractivity contribution >= 4 is 11.9 Å². The van der Waals surface area contributed by atoms with Crippen molar-refractivity contribution in [1.29, 1.82) is 0 Å². The van der Waals surface area contributed by atoms with Crippen molar-refractivity contribution in [2.75, 3.05) is 26.9 Å². The van der Waals surface area contributed by atoms with Crippen molar-refractivity contribution in [2.45, 2.75) is 31.0 Å². The second-order valence-corrected chi connectivity index (χ2v) is 4.77. The highest BCUT2D eigenvalue weighted by Crippen LogP contribution is 2.31. The van der Waals surface area contributed by atoms with Gasteiger partial charge in [0.1, 0.15) is 6.04 Å². The number of rotatable bonds is 2. The highest BCUT2D eigenvalue weighted by Gasteiger charge is 2.52. The van der Waals surface area contributed by atoms with Gasteiger partial charge in [-0.2, -0.15) is 0 Å². The number of imide groups is 1. The molecule has 0 saturated carbocycles. The van der Waals surface area contributed by atoms with Gasteiger partial charge >= 0.3 is 6.03 Å². The van der Waals surface area contributed by atoms with Crippen LogP contribution in [0.15, 0.2) is 0 Å². The third-order valence-electron chi connectivity index (χ3n) is 3.84. The van der Waals surface area contributed by atoms with E-state index < -0.39 is 0 Å². The summed E-state index contributed by atoms with van der Waals surface area (Å²) in [6.45, 7) is 1.63. The standard InChI is InChI=1S/C11H16N2O4/c1-16-8-4-9-10(14)13(7-2-3-17-6-7)11(15)12(9)5-8/h7-9H,2-6H2,1H3. The van der Waals surface area contributed by atoms with Crippen molar-refractivity contribution in [3.63, 3.8) is 0 Å². The van der Waals surface area contributed by atoms with Crippen LogP contribution in [0, 0.1) is 0 Å². The molecule has 0 aliphatic carbocycles. The van der Waals surface area contributed by atoms with Crippen LogP contribution < -0.4 is 0 Å². The Labute approximate surface area is 99.4 Å². The van der Waals surface area contributed by atoms with Gasteiger partial charge in [-0.25, -0.2) is 4.79 Å². The predicted octanol–water partition coefficient (Wildman–Crippen LogP) is -0.173. The highest BCUT2D eigenvalue weighted by atomic mass is 16.5. The van der Waals surface area contributed by atoms with Crippen LogP contribution in [0.5, 0.6) is 0 Å². The number of hydrogen-bond acceptors (Lipinski definition) is 4. The maximum atomic E-state index is 12.2. The molecule has 3 aliphatic rings. The number of ether oxygens (including phenoxy) is 2. The first kappa shape index (κ1) is 11.0. The van der Waals surface area contributed by atoms with Gasteiger partial charge in [0.25, 0.3) is 5.91 Å². The summed E-state index contributed by atoms with van der Waals surface area (Å²) in [4.78, 5) is 27.4. The molecule has 17 heavy (non-hydrogen) atoms. The maximum absolute atomic E-state index is 12.2. The van der Waals surface area contributed by atoms with Crippen molar-refractivity contribution in [1.82, 2.24) is 9.80 Å². The van der Waals surface area contributed by atoms with Crippen molar-refractivity contribution in [2.24, 2.45) is 0 Å². The Morgan fingerprint density at radius 2 is 2.24 bits per heavy atom. The van der Waals surface area contributed by atoms with Gasteiger partial charge in [0.05, 0.1) is 18.8 Å². The van der Waals surface area contributed by atoms with E-state index in [0.717, 1.165) is 6.42 Å². The lowest BCUT2D eigenvalue weighted by atomic mass is 10.1. The molecule has 3 rings (SSSR count). The fraction of sp³-hybridized carbons (Fsp3) is 0.818. The molecule has 3 atom stereocenters. The van der Waals surface area contributed by atoms with Crippen LogP contribution >= 0.6 is 0 Å². The molecule has 0 aromatic heterocycles. The van der Waals surface area contributed by atoms with Gasteiger partial charge < -0.3 is 14.4 Å². The first-order valence-corrected chi connectivity index (χ1v) is 5.96.